The Kier molecular flexibility index (Phi) is 5.88. The lowest BCUT2D eigenvalue weighted by Crippen LogP contribution is -2.45. The number of likely N-dealkylation sites (tertiary alicyclic amines) is 1. The molecule has 3 aliphatic rings. The number of hydrogen-bond donors (Lipinski definition) is 1. The van der Waals surface area contributed by atoms with Crippen molar-refractivity contribution in [2.75, 3.05) is 11.9 Å². The van der Waals surface area contributed by atoms with Crippen molar-refractivity contribution in [2.24, 2.45) is 0 Å². The molecule has 0 unspecified atom stereocenters. The number of benzene rings is 1. The molecule has 1 aromatic carbocycles. The number of rotatable bonds is 4. The zero-order valence-corrected chi connectivity index (χ0v) is 17.0. The van der Waals surface area contributed by atoms with Crippen LogP contribution in [0.2, 0.25) is 0 Å². The second-order valence-corrected chi connectivity index (χ2v) is 8.78. The van der Waals surface area contributed by atoms with Crippen molar-refractivity contribution in [3.63, 3.8) is 0 Å². The van der Waals surface area contributed by atoms with E-state index < -0.39 is 0 Å². The molecule has 152 valence electrons. The summed E-state index contributed by atoms with van der Waals surface area (Å²) in [6, 6.07) is 8.58. The monoisotopic (exact) mass is 383 g/mol. The van der Waals surface area contributed by atoms with Crippen LogP contribution in [-0.4, -0.2) is 46.4 Å². The van der Waals surface area contributed by atoms with Crippen LogP contribution in [0.15, 0.2) is 24.3 Å². The quantitative estimate of drug-likeness (QED) is 0.793. The number of anilines is 1. The molecular formula is C23H33N3O2. The third-order valence-corrected chi connectivity index (χ3v) is 6.59. The molecule has 5 heteroatoms. The van der Waals surface area contributed by atoms with Gasteiger partial charge in [-0.3, -0.25) is 4.79 Å². The fourth-order valence-electron chi connectivity index (χ4n) is 4.79. The normalized spacial score (nSPS) is 23.3. The van der Waals surface area contributed by atoms with E-state index in [1.807, 2.05) is 29.2 Å². The minimum atomic E-state index is 0.0260. The number of nitrogens with zero attached hydrogens (tertiary/aromatic N) is 2. The van der Waals surface area contributed by atoms with E-state index in [1.165, 1.54) is 25.7 Å². The van der Waals surface area contributed by atoms with Crippen LogP contribution in [0.4, 0.5) is 10.5 Å². The van der Waals surface area contributed by atoms with Gasteiger partial charge >= 0.3 is 6.03 Å². The van der Waals surface area contributed by atoms with Crippen LogP contribution >= 0.6 is 0 Å². The fourth-order valence-corrected chi connectivity index (χ4v) is 4.79. The minimum Gasteiger partial charge on any atom is -0.336 e. The summed E-state index contributed by atoms with van der Waals surface area (Å²) in [6.07, 6.45) is 11.6. The Labute approximate surface area is 168 Å². The Morgan fingerprint density at radius 1 is 0.893 bits per heavy atom. The van der Waals surface area contributed by atoms with E-state index in [-0.39, 0.29) is 11.9 Å². The first kappa shape index (κ1) is 19.3. The number of hydrogen-bond acceptors (Lipinski definition) is 2. The molecule has 0 bridgehead atoms. The zero-order chi connectivity index (χ0) is 19.5. The maximum absolute atomic E-state index is 12.9. The van der Waals surface area contributed by atoms with Crippen LogP contribution in [0.25, 0.3) is 0 Å². The van der Waals surface area contributed by atoms with Crippen LogP contribution in [-0.2, 0) is 0 Å². The summed E-state index contributed by atoms with van der Waals surface area (Å²) in [5.74, 6) is 0.104. The van der Waals surface area contributed by atoms with Crippen molar-refractivity contribution in [1.82, 2.24) is 9.80 Å². The standard InChI is InChI=1S/C23H33N3O2/c1-17-7-5-6-16-25(17)22(27)18-10-12-19(13-11-18)24-23(28)26(21-14-15-21)20-8-3-2-4-9-20/h10-13,17,20-21H,2-9,14-16H2,1H3,(H,24,28)/t17-/m1/s1. The van der Waals surface area contributed by atoms with Gasteiger partial charge in [0, 0.05) is 35.9 Å². The summed E-state index contributed by atoms with van der Waals surface area (Å²) >= 11 is 0. The maximum atomic E-state index is 12.9. The van der Waals surface area contributed by atoms with Gasteiger partial charge in [-0.2, -0.15) is 0 Å². The van der Waals surface area contributed by atoms with Gasteiger partial charge in [0.15, 0.2) is 0 Å². The van der Waals surface area contributed by atoms with Crippen molar-refractivity contribution in [2.45, 2.75) is 89.3 Å². The van der Waals surface area contributed by atoms with Gasteiger partial charge in [-0.25, -0.2) is 4.79 Å². The van der Waals surface area contributed by atoms with Gasteiger partial charge in [0.2, 0.25) is 0 Å². The van der Waals surface area contributed by atoms with E-state index in [2.05, 4.69) is 17.1 Å². The predicted molar refractivity (Wildman–Crippen MR) is 112 cm³/mol. The molecule has 0 radical (unpaired) electrons. The Bertz CT molecular complexity index is 692. The molecule has 1 aromatic rings. The van der Waals surface area contributed by atoms with Crippen LogP contribution in [0.5, 0.6) is 0 Å². The Hall–Kier alpha value is -2.04. The lowest BCUT2D eigenvalue weighted by Gasteiger charge is -2.34. The molecule has 4 rings (SSSR count). The lowest BCUT2D eigenvalue weighted by molar-refractivity contribution is 0.0635. The smallest absolute Gasteiger partial charge is 0.322 e. The number of carbonyl (C=O) groups excluding carboxylic acids is 2. The Morgan fingerprint density at radius 2 is 1.54 bits per heavy atom. The molecule has 5 nitrogen and oxygen atoms in total. The van der Waals surface area contributed by atoms with Crippen LogP contribution in [0.3, 0.4) is 0 Å². The number of carbonyl (C=O) groups is 2. The highest BCUT2D eigenvalue weighted by molar-refractivity contribution is 5.96. The largest absolute Gasteiger partial charge is 0.336 e. The molecule has 1 N–H and O–H groups in total. The Morgan fingerprint density at radius 3 is 2.18 bits per heavy atom. The first-order valence-corrected chi connectivity index (χ1v) is 11.1. The Balaban J connectivity index is 1.39. The maximum Gasteiger partial charge on any atom is 0.322 e. The topological polar surface area (TPSA) is 52.7 Å². The first-order valence-electron chi connectivity index (χ1n) is 11.1. The van der Waals surface area contributed by atoms with Crippen molar-refractivity contribution < 1.29 is 9.59 Å². The van der Waals surface area contributed by atoms with Crippen LogP contribution < -0.4 is 5.32 Å². The summed E-state index contributed by atoms with van der Waals surface area (Å²) in [4.78, 5) is 29.8. The number of urea groups is 1. The lowest BCUT2D eigenvalue weighted by atomic mass is 9.94. The average Bonchev–Trinajstić information content (AvgIpc) is 3.54. The molecule has 1 atom stereocenters. The number of amides is 3. The molecule has 2 saturated carbocycles. The van der Waals surface area contributed by atoms with Crippen molar-refractivity contribution in [3.05, 3.63) is 29.8 Å². The molecule has 1 heterocycles. The highest BCUT2D eigenvalue weighted by Crippen LogP contribution is 2.34. The first-order chi connectivity index (χ1) is 13.6. The molecule has 3 amide bonds. The zero-order valence-electron chi connectivity index (χ0n) is 17.0. The summed E-state index contributed by atoms with van der Waals surface area (Å²) < 4.78 is 0. The number of piperidine rings is 1. The molecule has 2 aliphatic carbocycles. The third-order valence-electron chi connectivity index (χ3n) is 6.59. The van der Waals surface area contributed by atoms with Gasteiger partial charge in [-0.1, -0.05) is 19.3 Å². The molecule has 0 spiro atoms. The molecule has 28 heavy (non-hydrogen) atoms. The second-order valence-electron chi connectivity index (χ2n) is 8.78. The van der Waals surface area contributed by atoms with E-state index >= 15 is 0 Å². The summed E-state index contributed by atoms with van der Waals surface area (Å²) in [6.45, 7) is 2.97. The van der Waals surface area contributed by atoms with Gasteiger partial charge < -0.3 is 15.1 Å². The highest BCUT2D eigenvalue weighted by Gasteiger charge is 2.37. The summed E-state index contributed by atoms with van der Waals surface area (Å²) in [5.41, 5.74) is 1.48. The van der Waals surface area contributed by atoms with Crippen LogP contribution in [0, 0.1) is 0 Å². The second kappa shape index (κ2) is 8.54. The van der Waals surface area contributed by atoms with Gasteiger partial charge in [0.25, 0.3) is 5.91 Å². The van der Waals surface area contributed by atoms with E-state index in [0.717, 1.165) is 50.8 Å². The highest BCUT2D eigenvalue weighted by atomic mass is 16.2. The molecular weight excluding hydrogens is 350 g/mol. The molecule has 0 aromatic heterocycles. The molecule has 1 saturated heterocycles. The SMILES string of the molecule is C[C@@H]1CCCCN1C(=O)c1ccc(NC(=O)N(C2CCCCC2)C2CC2)cc1. The van der Waals surface area contributed by atoms with E-state index in [1.54, 1.807) is 0 Å². The third kappa shape index (κ3) is 4.34. The van der Waals surface area contributed by atoms with Crippen molar-refractivity contribution in [1.29, 1.82) is 0 Å². The summed E-state index contributed by atoms with van der Waals surface area (Å²) in [5, 5.41) is 3.08. The molecule has 1 aliphatic heterocycles. The van der Waals surface area contributed by atoms with Crippen LogP contribution in [0.1, 0.15) is 81.5 Å². The van der Waals surface area contributed by atoms with Gasteiger partial charge in [-0.05, 0) is 76.1 Å². The average molecular weight is 384 g/mol. The van der Waals surface area contributed by atoms with E-state index in [9.17, 15) is 9.59 Å². The van der Waals surface area contributed by atoms with E-state index in [0.29, 0.717) is 23.7 Å². The molecule has 3 fully saturated rings. The van der Waals surface area contributed by atoms with Crippen molar-refractivity contribution in [3.8, 4) is 0 Å². The van der Waals surface area contributed by atoms with Gasteiger partial charge in [0.05, 0.1) is 0 Å². The van der Waals surface area contributed by atoms with Gasteiger partial charge in [0.1, 0.15) is 0 Å². The van der Waals surface area contributed by atoms with Gasteiger partial charge in [-0.15, -0.1) is 0 Å². The van der Waals surface area contributed by atoms with Crippen molar-refractivity contribution >= 4 is 17.6 Å². The van der Waals surface area contributed by atoms with E-state index in [4.69, 9.17) is 0 Å². The minimum absolute atomic E-state index is 0.0260. The predicted octanol–water partition coefficient (Wildman–Crippen LogP) is 5.03. The summed E-state index contributed by atoms with van der Waals surface area (Å²) in [7, 11) is 0. The fraction of sp³-hybridized carbons (Fsp3) is 0.652. The number of nitrogens with one attached hydrogen (secondary N) is 1.